The molecule has 0 aliphatic heterocycles. The molecule has 0 radical (unpaired) electrons. The van der Waals surface area contributed by atoms with Crippen LogP contribution < -0.4 is 5.32 Å². The van der Waals surface area contributed by atoms with Gasteiger partial charge in [-0.15, -0.1) is 0 Å². The molecule has 4 heteroatoms. The summed E-state index contributed by atoms with van der Waals surface area (Å²) in [6, 6.07) is 0.529. The highest BCUT2D eigenvalue weighted by atomic mass is 16.3. The van der Waals surface area contributed by atoms with Crippen molar-refractivity contribution in [2.75, 3.05) is 26.2 Å². The standard InChI is InChI=1S/C11H22N2O2/c1-2-13(7-8-14)11(15)9-12-10-5-3-4-6-10/h10,12,14H,2-9H2,1H3. The molecule has 2 N–H and O–H groups in total. The largest absolute Gasteiger partial charge is 0.395 e. The maximum Gasteiger partial charge on any atom is 0.236 e. The van der Waals surface area contributed by atoms with Crippen molar-refractivity contribution in [2.24, 2.45) is 0 Å². The van der Waals surface area contributed by atoms with E-state index < -0.39 is 0 Å². The summed E-state index contributed by atoms with van der Waals surface area (Å²) in [5, 5.41) is 12.1. The number of aliphatic hydroxyl groups excluding tert-OH is 1. The van der Waals surface area contributed by atoms with Crippen LogP contribution in [0.2, 0.25) is 0 Å². The van der Waals surface area contributed by atoms with Crippen molar-refractivity contribution in [3.05, 3.63) is 0 Å². The summed E-state index contributed by atoms with van der Waals surface area (Å²) in [6.45, 7) is 3.51. The Morgan fingerprint density at radius 1 is 1.47 bits per heavy atom. The van der Waals surface area contributed by atoms with Crippen LogP contribution in [0.4, 0.5) is 0 Å². The number of carbonyl (C=O) groups excluding carboxylic acids is 1. The van der Waals surface area contributed by atoms with Gasteiger partial charge in [-0.25, -0.2) is 0 Å². The van der Waals surface area contributed by atoms with Crippen molar-refractivity contribution in [3.63, 3.8) is 0 Å². The van der Waals surface area contributed by atoms with Crippen molar-refractivity contribution in [3.8, 4) is 0 Å². The monoisotopic (exact) mass is 214 g/mol. The summed E-state index contributed by atoms with van der Waals surface area (Å²) >= 11 is 0. The van der Waals surface area contributed by atoms with Gasteiger partial charge >= 0.3 is 0 Å². The molecule has 1 fully saturated rings. The normalized spacial score (nSPS) is 16.9. The van der Waals surface area contributed by atoms with Crippen LogP contribution in [0.3, 0.4) is 0 Å². The Labute approximate surface area is 91.6 Å². The first-order valence-electron chi connectivity index (χ1n) is 5.90. The first-order chi connectivity index (χ1) is 7.27. The Kier molecular flexibility index (Phi) is 5.65. The zero-order valence-corrected chi connectivity index (χ0v) is 9.54. The van der Waals surface area contributed by atoms with Gasteiger partial charge in [-0.1, -0.05) is 12.8 Å². The molecule has 0 bridgehead atoms. The smallest absolute Gasteiger partial charge is 0.236 e. The molecule has 1 rings (SSSR count). The highest BCUT2D eigenvalue weighted by molar-refractivity contribution is 5.78. The third-order valence-corrected chi connectivity index (χ3v) is 3.00. The third-order valence-electron chi connectivity index (χ3n) is 3.00. The minimum Gasteiger partial charge on any atom is -0.395 e. The molecule has 0 heterocycles. The van der Waals surface area contributed by atoms with Gasteiger partial charge < -0.3 is 15.3 Å². The fraction of sp³-hybridized carbons (Fsp3) is 0.909. The molecule has 88 valence electrons. The summed E-state index contributed by atoms with van der Waals surface area (Å²) in [5.74, 6) is 0.0958. The number of nitrogens with one attached hydrogen (secondary N) is 1. The molecule has 1 saturated carbocycles. The number of hydrogen-bond donors (Lipinski definition) is 2. The SMILES string of the molecule is CCN(CCO)C(=O)CNC1CCCC1. The Morgan fingerprint density at radius 2 is 2.13 bits per heavy atom. The van der Waals surface area contributed by atoms with E-state index in [1.54, 1.807) is 4.90 Å². The van der Waals surface area contributed by atoms with Gasteiger partial charge in [0.2, 0.25) is 5.91 Å². The third kappa shape index (κ3) is 4.18. The number of likely N-dealkylation sites (N-methyl/N-ethyl adjacent to an activating group) is 1. The number of rotatable bonds is 6. The number of amides is 1. The summed E-state index contributed by atoms with van der Waals surface area (Å²) < 4.78 is 0. The first kappa shape index (κ1) is 12.5. The Morgan fingerprint density at radius 3 is 2.67 bits per heavy atom. The van der Waals surface area contributed by atoms with Crippen LogP contribution in [-0.2, 0) is 4.79 Å². The van der Waals surface area contributed by atoms with E-state index in [1.165, 1.54) is 25.7 Å². The molecule has 1 aliphatic carbocycles. The lowest BCUT2D eigenvalue weighted by atomic mass is 10.2. The van der Waals surface area contributed by atoms with Gasteiger partial charge in [-0.05, 0) is 19.8 Å². The number of nitrogens with zero attached hydrogens (tertiary/aromatic N) is 1. The van der Waals surface area contributed by atoms with Crippen molar-refractivity contribution in [1.29, 1.82) is 0 Å². The zero-order chi connectivity index (χ0) is 11.1. The first-order valence-corrected chi connectivity index (χ1v) is 5.90. The van der Waals surface area contributed by atoms with E-state index in [1.807, 2.05) is 6.92 Å². The minimum atomic E-state index is 0.0447. The number of aliphatic hydroxyl groups is 1. The van der Waals surface area contributed by atoms with Gasteiger partial charge in [0.05, 0.1) is 13.2 Å². The lowest BCUT2D eigenvalue weighted by Gasteiger charge is -2.21. The molecule has 0 spiro atoms. The average Bonchev–Trinajstić information content (AvgIpc) is 2.75. The molecule has 0 atom stereocenters. The van der Waals surface area contributed by atoms with Gasteiger partial charge in [0.15, 0.2) is 0 Å². The topological polar surface area (TPSA) is 52.6 Å². The number of carbonyl (C=O) groups is 1. The molecule has 0 unspecified atom stereocenters. The molecular formula is C11H22N2O2. The van der Waals surface area contributed by atoms with E-state index in [0.717, 1.165) is 0 Å². The molecular weight excluding hydrogens is 192 g/mol. The molecule has 1 aliphatic rings. The highest BCUT2D eigenvalue weighted by Crippen LogP contribution is 2.17. The summed E-state index contributed by atoms with van der Waals surface area (Å²) in [7, 11) is 0. The second kappa shape index (κ2) is 6.80. The molecule has 0 aromatic carbocycles. The van der Waals surface area contributed by atoms with E-state index in [9.17, 15) is 4.79 Å². The van der Waals surface area contributed by atoms with Gasteiger partial charge in [-0.2, -0.15) is 0 Å². The Balaban J connectivity index is 2.20. The predicted octanol–water partition coefficient (Wildman–Crippen LogP) is 0.359. The maximum atomic E-state index is 11.7. The summed E-state index contributed by atoms with van der Waals surface area (Å²) in [4.78, 5) is 13.4. The zero-order valence-electron chi connectivity index (χ0n) is 9.54. The van der Waals surface area contributed by atoms with E-state index in [-0.39, 0.29) is 12.5 Å². The van der Waals surface area contributed by atoms with Crippen molar-refractivity contribution >= 4 is 5.91 Å². The van der Waals surface area contributed by atoms with Crippen LogP contribution in [0.15, 0.2) is 0 Å². The lowest BCUT2D eigenvalue weighted by Crippen LogP contribution is -2.42. The van der Waals surface area contributed by atoms with Crippen LogP contribution in [0.5, 0.6) is 0 Å². The van der Waals surface area contributed by atoms with E-state index in [2.05, 4.69) is 5.32 Å². The second-order valence-electron chi connectivity index (χ2n) is 4.06. The molecule has 1 amide bonds. The van der Waals surface area contributed by atoms with Gasteiger partial charge in [-0.3, -0.25) is 4.79 Å². The van der Waals surface area contributed by atoms with Crippen molar-refractivity contribution < 1.29 is 9.90 Å². The molecule has 4 nitrogen and oxygen atoms in total. The summed E-state index contributed by atoms with van der Waals surface area (Å²) in [6.07, 6.45) is 4.94. The van der Waals surface area contributed by atoms with Crippen LogP contribution in [-0.4, -0.2) is 48.2 Å². The molecule has 0 aromatic heterocycles. The number of hydrogen-bond acceptors (Lipinski definition) is 3. The quantitative estimate of drug-likeness (QED) is 0.671. The van der Waals surface area contributed by atoms with Crippen LogP contribution in [0.1, 0.15) is 32.6 Å². The fourth-order valence-corrected chi connectivity index (χ4v) is 2.05. The highest BCUT2D eigenvalue weighted by Gasteiger charge is 2.17. The van der Waals surface area contributed by atoms with Crippen molar-refractivity contribution in [1.82, 2.24) is 10.2 Å². The minimum absolute atomic E-state index is 0.0447. The maximum absolute atomic E-state index is 11.7. The van der Waals surface area contributed by atoms with Crippen molar-refractivity contribution in [2.45, 2.75) is 38.6 Å². The van der Waals surface area contributed by atoms with Gasteiger partial charge in [0.25, 0.3) is 0 Å². The van der Waals surface area contributed by atoms with E-state index in [0.29, 0.717) is 25.7 Å². The molecule has 0 saturated heterocycles. The van der Waals surface area contributed by atoms with Crippen LogP contribution in [0.25, 0.3) is 0 Å². The van der Waals surface area contributed by atoms with E-state index >= 15 is 0 Å². The Bertz CT molecular complexity index is 191. The molecule has 15 heavy (non-hydrogen) atoms. The predicted molar refractivity (Wildman–Crippen MR) is 59.6 cm³/mol. The van der Waals surface area contributed by atoms with Gasteiger partial charge in [0.1, 0.15) is 0 Å². The van der Waals surface area contributed by atoms with Gasteiger partial charge in [0, 0.05) is 19.1 Å². The Hall–Kier alpha value is -0.610. The average molecular weight is 214 g/mol. The summed E-state index contributed by atoms with van der Waals surface area (Å²) in [5.41, 5.74) is 0. The van der Waals surface area contributed by atoms with Crippen LogP contribution >= 0.6 is 0 Å². The molecule has 0 aromatic rings. The second-order valence-corrected chi connectivity index (χ2v) is 4.06. The fourth-order valence-electron chi connectivity index (χ4n) is 2.05. The van der Waals surface area contributed by atoms with E-state index in [4.69, 9.17) is 5.11 Å². The van der Waals surface area contributed by atoms with Crippen LogP contribution in [0, 0.1) is 0 Å². The lowest BCUT2D eigenvalue weighted by molar-refractivity contribution is -0.130.